The summed E-state index contributed by atoms with van der Waals surface area (Å²) < 4.78 is 42.0. The van der Waals surface area contributed by atoms with Crippen LogP contribution in [0.4, 0.5) is 18.9 Å². The first-order valence-corrected chi connectivity index (χ1v) is 9.09. The number of aryl methyl sites for hydroxylation is 2. The highest BCUT2D eigenvalue weighted by Crippen LogP contribution is 2.30. The number of nitrogens with one attached hydrogen (secondary N) is 1. The number of nitrogens with zero attached hydrogens (tertiary/aromatic N) is 4. The molecule has 154 valence electrons. The van der Waals surface area contributed by atoms with Gasteiger partial charge in [-0.2, -0.15) is 23.4 Å². The minimum Gasteiger partial charge on any atom is -0.321 e. The highest BCUT2D eigenvalue weighted by molar-refractivity contribution is 5.94. The SMILES string of the molecule is Cc1ccn(C(C)C(=O)Nc2c(C)nn(Cc3cccc(C(F)(F)F)c3)c2C)n1. The molecule has 6 nitrogen and oxygen atoms in total. The van der Waals surface area contributed by atoms with Crippen molar-refractivity contribution in [1.82, 2.24) is 19.6 Å². The van der Waals surface area contributed by atoms with Gasteiger partial charge < -0.3 is 5.32 Å². The summed E-state index contributed by atoms with van der Waals surface area (Å²) in [6.07, 6.45) is -2.67. The molecule has 29 heavy (non-hydrogen) atoms. The first-order valence-electron chi connectivity index (χ1n) is 9.09. The number of halogens is 3. The number of hydrogen-bond donors (Lipinski definition) is 1. The normalized spacial score (nSPS) is 12.8. The van der Waals surface area contributed by atoms with Crippen molar-refractivity contribution in [2.45, 2.75) is 46.5 Å². The van der Waals surface area contributed by atoms with Gasteiger partial charge in [0.2, 0.25) is 5.91 Å². The summed E-state index contributed by atoms with van der Waals surface area (Å²) in [6.45, 7) is 7.26. The van der Waals surface area contributed by atoms with Crippen LogP contribution in [0.5, 0.6) is 0 Å². The third-order valence-electron chi connectivity index (χ3n) is 4.73. The molecule has 0 saturated heterocycles. The Balaban J connectivity index is 1.79. The molecule has 0 aliphatic carbocycles. The van der Waals surface area contributed by atoms with Crippen molar-refractivity contribution in [3.63, 3.8) is 0 Å². The largest absolute Gasteiger partial charge is 0.416 e. The summed E-state index contributed by atoms with van der Waals surface area (Å²) in [7, 11) is 0. The molecule has 2 heterocycles. The third kappa shape index (κ3) is 4.49. The third-order valence-corrected chi connectivity index (χ3v) is 4.73. The van der Waals surface area contributed by atoms with Crippen molar-refractivity contribution in [2.75, 3.05) is 5.32 Å². The Hall–Kier alpha value is -3.10. The average Bonchev–Trinajstić information content (AvgIpc) is 3.19. The van der Waals surface area contributed by atoms with Crippen LogP contribution in [0.1, 0.15) is 41.2 Å². The van der Waals surface area contributed by atoms with Crippen LogP contribution >= 0.6 is 0 Å². The maximum atomic E-state index is 12.9. The number of anilines is 1. The molecule has 2 aromatic heterocycles. The molecule has 1 atom stereocenters. The number of carbonyl (C=O) groups excluding carboxylic acids is 1. The van der Waals surface area contributed by atoms with E-state index in [1.54, 1.807) is 42.4 Å². The van der Waals surface area contributed by atoms with E-state index in [0.29, 0.717) is 22.6 Å². The Morgan fingerprint density at radius 2 is 1.90 bits per heavy atom. The number of hydrogen-bond acceptors (Lipinski definition) is 3. The zero-order chi connectivity index (χ0) is 21.3. The highest BCUT2D eigenvalue weighted by Gasteiger charge is 2.30. The van der Waals surface area contributed by atoms with E-state index in [-0.39, 0.29) is 12.5 Å². The molecule has 0 fully saturated rings. The van der Waals surface area contributed by atoms with Crippen molar-refractivity contribution in [3.8, 4) is 0 Å². The van der Waals surface area contributed by atoms with E-state index in [9.17, 15) is 18.0 Å². The van der Waals surface area contributed by atoms with Crippen molar-refractivity contribution in [2.24, 2.45) is 0 Å². The van der Waals surface area contributed by atoms with Gasteiger partial charge in [0.1, 0.15) is 6.04 Å². The van der Waals surface area contributed by atoms with Gasteiger partial charge >= 0.3 is 6.18 Å². The second-order valence-corrected chi connectivity index (χ2v) is 7.00. The van der Waals surface area contributed by atoms with Crippen LogP contribution in [0.3, 0.4) is 0 Å². The number of alkyl halides is 3. The van der Waals surface area contributed by atoms with E-state index in [0.717, 1.165) is 17.8 Å². The summed E-state index contributed by atoms with van der Waals surface area (Å²) in [5.41, 5.74) is 2.39. The summed E-state index contributed by atoms with van der Waals surface area (Å²) in [5.74, 6) is -0.252. The first kappa shape index (κ1) is 20.6. The van der Waals surface area contributed by atoms with Gasteiger partial charge in [-0.15, -0.1) is 0 Å². The van der Waals surface area contributed by atoms with Crippen LogP contribution < -0.4 is 5.32 Å². The lowest BCUT2D eigenvalue weighted by atomic mass is 10.1. The lowest BCUT2D eigenvalue weighted by Crippen LogP contribution is -2.24. The lowest BCUT2D eigenvalue weighted by molar-refractivity contribution is -0.137. The lowest BCUT2D eigenvalue weighted by Gasteiger charge is -2.13. The van der Waals surface area contributed by atoms with E-state index >= 15 is 0 Å². The van der Waals surface area contributed by atoms with E-state index in [2.05, 4.69) is 15.5 Å². The molecule has 0 spiro atoms. The number of amides is 1. The van der Waals surface area contributed by atoms with Gasteiger partial charge in [-0.05, 0) is 51.5 Å². The minimum absolute atomic E-state index is 0.167. The Bertz CT molecular complexity index is 1040. The topological polar surface area (TPSA) is 64.7 Å². The maximum Gasteiger partial charge on any atom is 0.416 e. The van der Waals surface area contributed by atoms with Crippen molar-refractivity contribution >= 4 is 11.6 Å². The van der Waals surface area contributed by atoms with Gasteiger partial charge in [0, 0.05) is 6.20 Å². The zero-order valence-electron chi connectivity index (χ0n) is 16.6. The average molecular weight is 405 g/mol. The Morgan fingerprint density at radius 1 is 1.17 bits per heavy atom. The van der Waals surface area contributed by atoms with E-state index in [1.165, 1.54) is 6.07 Å². The van der Waals surface area contributed by atoms with E-state index in [1.807, 2.05) is 13.0 Å². The number of carbonyl (C=O) groups is 1. The van der Waals surface area contributed by atoms with Gasteiger partial charge in [0.05, 0.1) is 34.9 Å². The molecule has 3 aromatic rings. The Labute approximate surface area is 166 Å². The molecule has 1 aromatic carbocycles. The molecule has 1 N–H and O–H groups in total. The summed E-state index contributed by atoms with van der Waals surface area (Å²) in [4.78, 5) is 12.6. The molecule has 0 aliphatic rings. The fourth-order valence-electron chi connectivity index (χ4n) is 3.05. The number of rotatable bonds is 5. The second-order valence-electron chi connectivity index (χ2n) is 7.00. The van der Waals surface area contributed by atoms with Crippen LogP contribution in [0.25, 0.3) is 0 Å². The molecule has 0 bridgehead atoms. The number of benzene rings is 1. The van der Waals surface area contributed by atoms with Crippen LogP contribution in [0, 0.1) is 20.8 Å². The first-order chi connectivity index (χ1) is 13.6. The van der Waals surface area contributed by atoms with E-state index in [4.69, 9.17) is 0 Å². The zero-order valence-corrected chi connectivity index (χ0v) is 16.6. The molecule has 1 unspecified atom stereocenters. The Morgan fingerprint density at radius 3 is 2.52 bits per heavy atom. The summed E-state index contributed by atoms with van der Waals surface area (Å²) in [5, 5.41) is 11.5. The van der Waals surface area contributed by atoms with Crippen LogP contribution in [0.15, 0.2) is 36.5 Å². The number of aromatic nitrogens is 4. The molecular formula is C20H22F3N5O. The monoisotopic (exact) mass is 405 g/mol. The fourth-order valence-corrected chi connectivity index (χ4v) is 3.05. The summed E-state index contributed by atoms with van der Waals surface area (Å²) >= 11 is 0. The van der Waals surface area contributed by atoms with Crippen LogP contribution in [0.2, 0.25) is 0 Å². The molecule has 0 saturated carbocycles. The quantitative estimate of drug-likeness (QED) is 0.689. The smallest absolute Gasteiger partial charge is 0.321 e. The predicted octanol–water partition coefficient (Wildman–Crippen LogP) is 4.27. The van der Waals surface area contributed by atoms with Crippen molar-refractivity contribution < 1.29 is 18.0 Å². The van der Waals surface area contributed by atoms with Crippen molar-refractivity contribution in [3.05, 3.63) is 64.7 Å². The molecule has 3 rings (SSSR count). The van der Waals surface area contributed by atoms with Gasteiger partial charge in [-0.1, -0.05) is 12.1 Å². The maximum absolute atomic E-state index is 12.9. The van der Waals surface area contributed by atoms with E-state index < -0.39 is 17.8 Å². The van der Waals surface area contributed by atoms with Gasteiger partial charge in [0.25, 0.3) is 0 Å². The standard InChI is InChI=1S/C20H22F3N5O/c1-12-8-9-27(25-12)15(4)19(29)24-18-13(2)26-28(14(18)3)11-16-6-5-7-17(10-16)20(21,22)23/h5-10,15H,11H2,1-4H3,(H,24,29). The molecular weight excluding hydrogens is 383 g/mol. The Kier molecular flexibility index (Phi) is 5.50. The molecule has 0 aliphatic heterocycles. The van der Waals surface area contributed by atoms with Gasteiger partial charge in [0.15, 0.2) is 0 Å². The van der Waals surface area contributed by atoms with Crippen molar-refractivity contribution in [1.29, 1.82) is 0 Å². The van der Waals surface area contributed by atoms with Gasteiger partial charge in [-0.3, -0.25) is 14.2 Å². The van der Waals surface area contributed by atoms with Crippen LogP contribution in [-0.4, -0.2) is 25.5 Å². The van der Waals surface area contributed by atoms with Gasteiger partial charge in [-0.25, -0.2) is 0 Å². The molecule has 0 radical (unpaired) electrons. The second kappa shape index (κ2) is 7.73. The molecule has 9 heteroatoms. The predicted molar refractivity (Wildman–Crippen MR) is 103 cm³/mol. The van der Waals surface area contributed by atoms with Crippen LogP contribution in [-0.2, 0) is 17.5 Å². The summed E-state index contributed by atoms with van der Waals surface area (Å²) in [6, 6.07) is 6.43. The molecule has 1 amide bonds. The fraction of sp³-hybridized carbons (Fsp3) is 0.350. The minimum atomic E-state index is -4.40. The highest BCUT2D eigenvalue weighted by atomic mass is 19.4.